The maximum Gasteiger partial charge on any atom is 0.276 e. The summed E-state index contributed by atoms with van der Waals surface area (Å²) in [6, 6.07) is 19.2. The van der Waals surface area contributed by atoms with E-state index in [2.05, 4.69) is 5.10 Å². The highest BCUT2D eigenvalue weighted by Crippen LogP contribution is 2.19. The first kappa shape index (κ1) is 16.3. The molecule has 0 unspecified atom stereocenters. The lowest BCUT2D eigenvalue weighted by molar-refractivity contribution is 0.155. The highest BCUT2D eigenvalue weighted by Gasteiger charge is 2.12. The van der Waals surface area contributed by atoms with Crippen molar-refractivity contribution in [3.05, 3.63) is 94.5 Å². The van der Waals surface area contributed by atoms with Crippen LogP contribution >= 0.6 is 0 Å². The molecule has 5 nitrogen and oxygen atoms in total. The molecule has 4 aromatic rings. The molecule has 1 N–H and O–H groups in total. The zero-order valence-electron chi connectivity index (χ0n) is 14.4. The van der Waals surface area contributed by atoms with Gasteiger partial charge in [0.25, 0.3) is 5.56 Å². The maximum absolute atomic E-state index is 12.8. The Balaban J connectivity index is 1.69. The van der Waals surface area contributed by atoms with Gasteiger partial charge < -0.3 is 9.67 Å². The van der Waals surface area contributed by atoms with Crippen molar-refractivity contribution in [1.82, 2.24) is 14.2 Å². The number of benzene rings is 2. The average Bonchev–Trinajstić information content (AvgIpc) is 3.10. The number of rotatable bonds is 4. The molecule has 0 aliphatic carbocycles. The summed E-state index contributed by atoms with van der Waals surface area (Å²) in [6.45, 7) is 2.23. The summed E-state index contributed by atoms with van der Waals surface area (Å²) in [5, 5.41) is 14.9. The Labute approximate surface area is 150 Å². The fourth-order valence-electron chi connectivity index (χ4n) is 3.00. The highest BCUT2D eigenvalue weighted by molar-refractivity contribution is 5.65. The number of aliphatic hydroxyl groups is 1. The summed E-state index contributed by atoms with van der Waals surface area (Å²) >= 11 is 0. The quantitative estimate of drug-likeness (QED) is 0.618. The van der Waals surface area contributed by atoms with Crippen LogP contribution in [0, 0.1) is 6.92 Å². The van der Waals surface area contributed by atoms with Crippen molar-refractivity contribution in [1.29, 1.82) is 0 Å². The van der Waals surface area contributed by atoms with E-state index in [9.17, 15) is 9.90 Å². The van der Waals surface area contributed by atoms with Gasteiger partial charge in [-0.2, -0.15) is 5.10 Å². The SMILES string of the molecule is Cc1ccc(-c2cc3c(=O)n(C[C@H](O)c4ccccc4)ccn3n2)cc1. The third-order valence-corrected chi connectivity index (χ3v) is 4.50. The van der Waals surface area contributed by atoms with E-state index in [0.717, 1.165) is 16.8 Å². The van der Waals surface area contributed by atoms with Crippen LogP contribution in [0.4, 0.5) is 0 Å². The van der Waals surface area contributed by atoms with Crippen LogP contribution in [-0.4, -0.2) is 19.3 Å². The molecular weight excluding hydrogens is 326 g/mol. The van der Waals surface area contributed by atoms with Gasteiger partial charge >= 0.3 is 0 Å². The minimum absolute atomic E-state index is 0.173. The molecule has 0 saturated carbocycles. The first-order chi connectivity index (χ1) is 12.6. The summed E-state index contributed by atoms with van der Waals surface area (Å²) in [5.41, 5.74) is 4.00. The summed E-state index contributed by atoms with van der Waals surface area (Å²) in [4.78, 5) is 12.8. The van der Waals surface area contributed by atoms with E-state index < -0.39 is 6.10 Å². The van der Waals surface area contributed by atoms with Crippen LogP contribution in [0.1, 0.15) is 17.2 Å². The van der Waals surface area contributed by atoms with Gasteiger partial charge in [0, 0.05) is 18.0 Å². The van der Waals surface area contributed by atoms with E-state index in [-0.39, 0.29) is 12.1 Å². The van der Waals surface area contributed by atoms with E-state index in [1.54, 1.807) is 23.0 Å². The van der Waals surface area contributed by atoms with Crippen molar-refractivity contribution in [2.75, 3.05) is 0 Å². The third kappa shape index (κ3) is 3.05. The zero-order valence-corrected chi connectivity index (χ0v) is 14.4. The highest BCUT2D eigenvalue weighted by atomic mass is 16.3. The Morgan fingerprint density at radius 1 is 1.04 bits per heavy atom. The van der Waals surface area contributed by atoms with Crippen LogP contribution in [0.25, 0.3) is 16.8 Å². The number of aryl methyl sites for hydroxylation is 1. The molecule has 5 heteroatoms. The van der Waals surface area contributed by atoms with Crippen molar-refractivity contribution >= 4 is 5.52 Å². The van der Waals surface area contributed by atoms with Gasteiger partial charge in [0.15, 0.2) is 0 Å². The second kappa shape index (κ2) is 6.61. The van der Waals surface area contributed by atoms with Crippen LogP contribution in [-0.2, 0) is 6.54 Å². The molecule has 0 fully saturated rings. The van der Waals surface area contributed by atoms with E-state index in [0.29, 0.717) is 5.52 Å². The van der Waals surface area contributed by atoms with Crippen LogP contribution in [0.15, 0.2) is 77.9 Å². The maximum atomic E-state index is 12.8. The van der Waals surface area contributed by atoms with Gasteiger partial charge in [0.2, 0.25) is 0 Å². The Morgan fingerprint density at radius 2 is 1.77 bits per heavy atom. The van der Waals surface area contributed by atoms with Crippen LogP contribution in [0.2, 0.25) is 0 Å². The standard InChI is InChI=1S/C21H19N3O2/c1-15-7-9-16(10-8-15)18-13-19-21(26)23(11-12-24(19)22-18)14-20(25)17-5-3-2-4-6-17/h2-13,20,25H,14H2,1H3/t20-/m0/s1. The van der Waals surface area contributed by atoms with E-state index in [1.807, 2.05) is 61.5 Å². The summed E-state index contributed by atoms with van der Waals surface area (Å²) in [5.74, 6) is 0. The van der Waals surface area contributed by atoms with E-state index in [4.69, 9.17) is 0 Å². The Kier molecular flexibility index (Phi) is 4.14. The number of aliphatic hydroxyl groups excluding tert-OH is 1. The van der Waals surface area contributed by atoms with Gasteiger partial charge in [0.05, 0.1) is 18.3 Å². The fourth-order valence-corrected chi connectivity index (χ4v) is 3.00. The van der Waals surface area contributed by atoms with Crippen molar-refractivity contribution in [3.63, 3.8) is 0 Å². The monoisotopic (exact) mass is 345 g/mol. The van der Waals surface area contributed by atoms with Crippen molar-refractivity contribution in [2.24, 2.45) is 0 Å². The molecule has 0 radical (unpaired) electrons. The molecule has 0 saturated heterocycles. The summed E-state index contributed by atoms with van der Waals surface area (Å²) < 4.78 is 3.11. The van der Waals surface area contributed by atoms with Crippen LogP contribution in [0.5, 0.6) is 0 Å². The second-order valence-electron chi connectivity index (χ2n) is 6.41. The molecule has 0 aliphatic heterocycles. The molecule has 0 spiro atoms. The zero-order chi connectivity index (χ0) is 18.1. The van der Waals surface area contributed by atoms with Gasteiger partial charge in [-0.05, 0) is 18.6 Å². The molecule has 26 heavy (non-hydrogen) atoms. The van der Waals surface area contributed by atoms with E-state index >= 15 is 0 Å². The smallest absolute Gasteiger partial charge is 0.276 e. The van der Waals surface area contributed by atoms with Gasteiger partial charge in [0.1, 0.15) is 5.52 Å². The predicted molar refractivity (Wildman–Crippen MR) is 101 cm³/mol. The molecule has 2 heterocycles. The fraction of sp³-hybridized carbons (Fsp3) is 0.143. The molecule has 0 amide bonds. The van der Waals surface area contributed by atoms with E-state index in [1.165, 1.54) is 10.1 Å². The lowest BCUT2D eigenvalue weighted by Crippen LogP contribution is -2.24. The van der Waals surface area contributed by atoms with Gasteiger partial charge in [-0.25, -0.2) is 4.52 Å². The third-order valence-electron chi connectivity index (χ3n) is 4.50. The van der Waals surface area contributed by atoms with Crippen molar-refractivity contribution in [3.8, 4) is 11.3 Å². The molecule has 0 aliphatic rings. The first-order valence-electron chi connectivity index (χ1n) is 8.51. The van der Waals surface area contributed by atoms with Crippen LogP contribution in [0.3, 0.4) is 0 Å². The summed E-state index contributed by atoms with van der Waals surface area (Å²) in [6.07, 6.45) is 2.66. The first-order valence-corrected chi connectivity index (χ1v) is 8.51. The topological polar surface area (TPSA) is 59.5 Å². The van der Waals surface area contributed by atoms with Gasteiger partial charge in [-0.3, -0.25) is 4.79 Å². The van der Waals surface area contributed by atoms with Gasteiger partial charge in [-0.1, -0.05) is 60.2 Å². The largest absolute Gasteiger partial charge is 0.387 e. The molecule has 2 aromatic heterocycles. The van der Waals surface area contributed by atoms with Gasteiger partial charge in [-0.15, -0.1) is 0 Å². The van der Waals surface area contributed by atoms with Crippen LogP contribution < -0.4 is 5.56 Å². The Hall–Kier alpha value is -3.18. The summed E-state index contributed by atoms with van der Waals surface area (Å²) in [7, 11) is 0. The molecule has 0 bridgehead atoms. The second-order valence-corrected chi connectivity index (χ2v) is 6.41. The van der Waals surface area contributed by atoms with Crippen molar-refractivity contribution in [2.45, 2.75) is 19.6 Å². The number of aromatic nitrogens is 3. The molecule has 1 atom stereocenters. The minimum Gasteiger partial charge on any atom is -0.387 e. The molecule has 130 valence electrons. The number of hydrogen-bond acceptors (Lipinski definition) is 3. The number of fused-ring (bicyclic) bond motifs is 1. The number of hydrogen-bond donors (Lipinski definition) is 1. The normalized spacial score (nSPS) is 12.4. The Bertz CT molecular complexity index is 1100. The minimum atomic E-state index is -0.740. The molecular formula is C21H19N3O2. The van der Waals surface area contributed by atoms with Crippen molar-refractivity contribution < 1.29 is 5.11 Å². The predicted octanol–water partition coefficient (Wildman–Crippen LogP) is 3.21. The number of nitrogens with zero attached hydrogens (tertiary/aromatic N) is 3. The Morgan fingerprint density at radius 3 is 2.50 bits per heavy atom. The lowest BCUT2D eigenvalue weighted by atomic mass is 10.1. The lowest BCUT2D eigenvalue weighted by Gasteiger charge is -2.13. The molecule has 2 aromatic carbocycles. The average molecular weight is 345 g/mol. The molecule has 4 rings (SSSR count).